The lowest BCUT2D eigenvalue weighted by Gasteiger charge is -2.41. The molecule has 0 unspecified atom stereocenters. The molecule has 2 N–H and O–H groups in total. The summed E-state index contributed by atoms with van der Waals surface area (Å²) < 4.78 is 18.3. The maximum atomic E-state index is 11.9. The Morgan fingerprint density at radius 1 is 0.977 bits per heavy atom. The van der Waals surface area contributed by atoms with Crippen LogP contribution in [0.15, 0.2) is 109 Å². The number of carbonyl (C=O) groups excluding carboxylic acids is 1. The van der Waals surface area contributed by atoms with Crippen LogP contribution in [0.2, 0.25) is 0 Å². The van der Waals surface area contributed by atoms with Crippen LogP contribution in [0, 0.1) is 5.92 Å². The monoisotopic (exact) mass is 597 g/mol. The van der Waals surface area contributed by atoms with Crippen LogP contribution in [0.5, 0.6) is 0 Å². The molecule has 4 aromatic rings. The average molecular weight is 598 g/mol. The van der Waals surface area contributed by atoms with Crippen molar-refractivity contribution in [3.05, 3.63) is 126 Å². The summed E-state index contributed by atoms with van der Waals surface area (Å²) in [6, 6.07) is 25.8. The molecule has 1 aromatic heterocycles. The number of amides is 1. The average Bonchev–Trinajstić information content (AvgIpc) is 3.06. The highest BCUT2D eigenvalue weighted by atomic mass is 32.2. The molecule has 3 aromatic carbocycles. The van der Waals surface area contributed by atoms with Crippen molar-refractivity contribution < 1.29 is 24.1 Å². The Hall–Kier alpha value is -4.02. The van der Waals surface area contributed by atoms with Gasteiger partial charge in [-0.05, 0) is 46.0 Å². The summed E-state index contributed by atoms with van der Waals surface area (Å²) in [5.41, 5.74) is 5.76. The van der Waals surface area contributed by atoms with E-state index in [9.17, 15) is 9.90 Å². The second kappa shape index (κ2) is 14.9. The van der Waals surface area contributed by atoms with Gasteiger partial charge in [-0.25, -0.2) is 14.8 Å². The molecule has 0 radical (unpaired) electrons. The molecule has 4 atom stereocenters. The molecule has 1 aliphatic rings. The number of ether oxygens (including phenoxy) is 3. The highest BCUT2D eigenvalue weighted by molar-refractivity contribution is 7.99. The Balaban J connectivity index is 1.37. The summed E-state index contributed by atoms with van der Waals surface area (Å²) in [5.74, 6) is 0.721. The summed E-state index contributed by atoms with van der Waals surface area (Å²) in [4.78, 5) is 20.6. The van der Waals surface area contributed by atoms with E-state index in [-0.39, 0.29) is 31.3 Å². The van der Waals surface area contributed by atoms with Crippen LogP contribution in [0.1, 0.15) is 41.6 Å². The first-order valence-electron chi connectivity index (χ1n) is 14.1. The van der Waals surface area contributed by atoms with E-state index in [4.69, 9.17) is 14.2 Å². The fourth-order valence-electron chi connectivity index (χ4n) is 4.91. The number of aromatic nitrogens is 2. The van der Waals surface area contributed by atoms with Crippen LogP contribution in [-0.4, -0.2) is 39.6 Å². The Morgan fingerprint density at radius 3 is 2.47 bits per heavy atom. The van der Waals surface area contributed by atoms with Gasteiger partial charge in [0.2, 0.25) is 0 Å². The number of hydrogen-bond acceptors (Lipinski definition) is 8. The lowest BCUT2D eigenvalue weighted by molar-refractivity contribution is -0.268. The van der Waals surface area contributed by atoms with Crippen molar-refractivity contribution in [1.82, 2.24) is 15.3 Å². The smallest absolute Gasteiger partial charge is 0.407 e. The molecular formula is C34H35N3O5S. The zero-order valence-electron chi connectivity index (χ0n) is 24.0. The number of carbonyl (C=O) groups is 1. The molecule has 1 aliphatic heterocycles. The highest BCUT2D eigenvalue weighted by Crippen LogP contribution is 2.43. The molecule has 8 nitrogen and oxygen atoms in total. The van der Waals surface area contributed by atoms with Crippen LogP contribution in [0.4, 0.5) is 4.79 Å². The maximum absolute atomic E-state index is 11.9. The van der Waals surface area contributed by atoms with E-state index in [0.717, 1.165) is 33.4 Å². The molecular weight excluding hydrogens is 562 g/mol. The van der Waals surface area contributed by atoms with Crippen molar-refractivity contribution in [2.24, 2.45) is 5.92 Å². The zero-order valence-corrected chi connectivity index (χ0v) is 24.8. The van der Waals surface area contributed by atoms with Crippen molar-refractivity contribution in [1.29, 1.82) is 0 Å². The fraction of sp³-hybridized carbons (Fsp3) is 0.265. The number of benzene rings is 3. The SMILES string of the molecule is C=CCOC(=O)NCc1cccc(-c2cccc([C@@H]3O[C@H](CSc4ncccn4)[C@H](C)[C@H](c4ccc(CO)cc4)O3)c2)c1. The molecule has 1 fully saturated rings. The van der Waals surface area contributed by atoms with Gasteiger partial charge in [0.1, 0.15) is 6.61 Å². The predicted molar refractivity (Wildman–Crippen MR) is 166 cm³/mol. The summed E-state index contributed by atoms with van der Waals surface area (Å²) in [7, 11) is 0. The third kappa shape index (κ3) is 8.09. The van der Waals surface area contributed by atoms with E-state index in [1.54, 1.807) is 30.2 Å². The highest BCUT2D eigenvalue weighted by Gasteiger charge is 2.38. The van der Waals surface area contributed by atoms with Crippen molar-refractivity contribution in [3.8, 4) is 11.1 Å². The van der Waals surface area contributed by atoms with Crippen LogP contribution >= 0.6 is 11.8 Å². The van der Waals surface area contributed by atoms with Crippen LogP contribution < -0.4 is 5.32 Å². The van der Waals surface area contributed by atoms with Crippen LogP contribution in [-0.2, 0) is 27.4 Å². The van der Waals surface area contributed by atoms with Gasteiger partial charge >= 0.3 is 6.09 Å². The fourth-order valence-corrected chi connectivity index (χ4v) is 5.88. The number of nitrogens with one attached hydrogen (secondary N) is 1. The standard InChI is InChI=1S/C34H35N3O5S/c1-3-17-40-34(39)37-20-25-7-4-8-27(18-25)28-9-5-10-29(19-28)32-41-30(22-43-33-35-15-6-16-36-33)23(2)31(42-32)26-13-11-24(21-38)12-14-26/h3-16,18-19,23,30-32,38H,1,17,20-22H2,2H3,(H,37,39)/t23-,30+,31+,32+/m0/s1. The number of aliphatic hydroxyl groups excluding tert-OH is 1. The van der Waals surface area contributed by atoms with E-state index >= 15 is 0 Å². The van der Waals surface area contributed by atoms with E-state index in [1.165, 1.54) is 6.08 Å². The van der Waals surface area contributed by atoms with Gasteiger partial charge in [0, 0.05) is 36.2 Å². The third-order valence-electron chi connectivity index (χ3n) is 7.23. The van der Waals surface area contributed by atoms with Crippen molar-refractivity contribution >= 4 is 17.9 Å². The first-order valence-corrected chi connectivity index (χ1v) is 15.1. The quantitative estimate of drug-likeness (QED) is 0.113. The second-order valence-corrected chi connectivity index (χ2v) is 11.2. The zero-order chi connectivity index (χ0) is 30.0. The minimum Gasteiger partial charge on any atom is -0.445 e. The molecule has 1 amide bonds. The Morgan fingerprint density at radius 2 is 1.72 bits per heavy atom. The summed E-state index contributed by atoms with van der Waals surface area (Å²) in [6.45, 7) is 6.20. The Kier molecular flexibility index (Phi) is 10.6. The van der Waals surface area contributed by atoms with Gasteiger partial charge in [0.25, 0.3) is 0 Å². The van der Waals surface area contributed by atoms with Crippen LogP contribution in [0.3, 0.4) is 0 Å². The predicted octanol–water partition coefficient (Wildman–Crippen LogP) is 6.63. The number of alkyl carbamates (subject to hydrolysis) is 1. The Bertz CT molecular complexity index is 1500. The minimum atomic E-state index is -0.592. The molecule has 222 valence electrons. The van der Waals surface area contributed by atoms with Gasteiger partial charge < -0.3 is 24.6 Å². The minimum absolute atomic E-state index is 0.00706. The summed E-state index contributed by atoms with van der Waals surface area (Å²) in [6.07, 6.45) is 3.58. The van der Waals surface area contributed by atoms with Gasteiger partial charge in [-0.3, -0.25) is 0 Å². The van der Waals surface area contributed by atoms with Crippen LogP contribution in [0.25, 0.3) is 11.1 Å². The van der Waals surface area contributed by atoms with Crippen molar-refractivity contribution in [2.75, 3.05) is 12.4 Å². The van der Waals surface area contributed by atoms with Gasteiger partial charge in [0.05, 0.1) is 18.8 Å². The lowest BCUT2D eigenvalue weighted by atomic mass is 9.91. The number of rotatable bonds is 11. The largest absolute Gasteiger partial charge is 0.445 e. The van der Waals surface area contributed by atoms with E-state index in [0.29, 0.717) is 17.5 Å². The number of hydrogen-bond donors (Lipinski definition) is 2. The number of thioether (sulfide) groups is 1. The molecule has 0 aliphatic carbocycles. The molecule has 9 heteroatoms. The third-order valence-corrected chi connectivity index (χ3v) is 8.19. The van der Waals surface area contributed by atoms with Crippen molar-refractivity contribution in [2.45, 2.75) is 43.7 Å². The second-order valence-electron chi connectivity index (χ2n) is 10.2. The first-order chi connectivity index (χ1) is 21.0. The molecule has 2 heterocycles. The first kappa shape index (κ1) is 30.4. The molecule has 0 saturated carbocycles. The topological polar surface area (TPSA) is 103 Å². The van der Waals surface area contributed by atoms with Gasteiger partial charge in [-0.2, -0.15) is 0 Å². The Labute approximate surface area is 256 Å². The number of aliphatic hydroxyl groups is 1. The normalized spacial score (nSPS) is 19.9. The lowest BCUT2D eigenvalue weighted by Crippen LogP contribution is -2.38. The molecule has 43 heavy (non-hydrogen) atoms. The van der Waals surface area contributed by atoms with E-state index in [2.05, 4.69) is 34.9 Å². The summed E-state index contributed by atoms with van der Waals surface area (Å²) in [5, 5.41) is 13.0. The molecule has 0 spiro atoms. The van der Waals surface area contributed by atoms with Gasteiger partial charge in [-0.1, -0.05) is 92.0 Å². The molecule has 1 saturated heterocycles. The van der Waals surface area contributed by atoms with Crippen molar-refractivity contribution in [3.63, 3.8) is 0 Å². The maximum Gasteiger partial charge on any atom is 0.407 e. The molecule has 0 bridgehead atoms. The van der Waals surface area contributed by atoms with Gasteiger partial charge in [0.15, 0.2) is 11.4 Å². The summed E-state index contributed by atoms with van der Waals surface area (Å²) >= 11 is 1.56. The molecule has 5 rings (SSSR count). The van der Waals surface area contributed by atoms with Gasteiger partial charge in [-0.15, -0.1) is 0 Å². The van der Waals surface area contributed by atoms with E-state index in [1.807, 2.05) is 66.7 Å². The number of nitrogens with zero attached hydrogens (tertiary/aromatic N) is 2. The van der Waals surface area contributed by atoms with E-state index < -0.39 is 12.4 Å².